The van der Waals surface area contributed by atoms with E-state index in [9.17, 15) is 14.4 Å². The Hall–Kier alpha value is -1.69. The average Bonchev–Trinajstić information content (AvgIpc) is 2.47. The predicted octanol–water partition coefficient (Wildman–Crippen LogP) is 1.29. The maximum absolute atomic E-state index is 11.5. The molecular formula is C10H7BrN2O3. The van der Waals surface area contributed by atoms with Crippen LogP contribution in [0.3, 0.4) is 0 Å². The number of fused-ring (bicyclic) bond motifs is 1. The van der Waals surface area contributed by atoms with Gasteiger partial charge in [-0.1, -0.05) is 0 Å². The van der Waals surface area contributed by atoms with E-state index in [1.165, 1.54) is 6.92 Å². The molecule has 0 aliphatic carbocycles. The molecule has 0 saturated carbocycles. The summed E-state index contributed by atoms with van der Waals surface area (Å²) in [5.41, 5.74) is 0.805. The summed E-state index contributed by atoms with van der Waals surface area (Å²) in [6, 6.07) is 3.19. The highest BCUT2D eigenvalue weighted by Gasteiger charge is 2.31. The summed E-state index contributed by atoms with van der Waals surface area (Å²) in [7, 11) is 0. The number of imide groups is 1. The van der Waals surface area contributed by atoms with Crippen LogP contribution in [0.5, 0.6) is 0 Å². The Labute approximate surface area is 99.3 Å². The topological polar surface area (TPSA) is 75.3 Å². The van der Waals surface area contributed by atoms with Crippen molar-refractivity contribution in [3.63, 3.8) is 0 Å². The van der Waals surface area contributed by atoms with E-state index in [0.29, 0.717) is 10.2 Å². The van der Waals surface area contributed by atoms with E-state index < -0.39 is 11.8 Å². The van der Waals surface area contributed by atoms with Crippen molar-refractivity contribution in [2.75, 3.05) is 5.32 Å². The number of benzene rings is 1. The smallest absolute Gasteiger partial charge is 0.261 e. The molecule has 0 fully saturated rings. The van der Waals surface area contributed by atoms with Crippen molar-refractivity contribution >= 4 is 39.3 Å². The number of nitrogens with one attached hydrogen (secondary N) is 2. The van der Waals surface area contributed by atoms with Crippen LogP contribution < -0.4 is 10.6 Å². The lowest BCUT2D eigenvalue weighted by Gasteiger charge is -2.06. The van der Waals surface area contributed by atoms with Crippen LogP contribution in [-0.4, -0.2) is 17.7 Å². The monoisotopic (exact) mass is 282 g/mol. The van der Waals surface area contributed by atoms with E-state index in [4.69, 9.17) is 0 Å². The van der Waals surface area contributed by atoms with Gasteiger partial charge >= 0.3 is 0 Å². The molecule has 1 aliphatic rings. The predicted molar refractivity (Wildman–Crippen MR) is 60.2 cm³/mol. The molecule has 1 aliphatic heterocycles. The van der Waals surface area contributed by atoms with E-state index in [1.54, 1.807) is 12.1 Å². The van der Waals surface area contributed by atoms with Gasteiger partial charge in [0.1, 0.15) is 0 Å². The van der Waals surface area contributed by atoms with Crippen molar-refractivity contribution in [1.29, 1.82) is 0 Å². The third kappa shape index (κ3) is 1.61. The van der Waals surface area contributed by atoms with Gasteiger partial charge in [0.05, 0.1) is 16.8 Å². The first-order valence-corrected chi connectivity index (χ1v) is 5.26. The zero-order valence-corrected chi connectivity index (χ0v) is 9.84. The van der Waals surface area contributed by atoms with Crippen molar-refractivity contribution in [1.82, 2.24) is 5.32 Å². The van der Waals surface area contributed by atoms with E-state index >= 15 is 0 Å². The number of carbonyl (C=O) groups excluding carboxylic acids is 3. The molecule has 2 rings (SSSR count). The summed E-state index contributed by atoms with van der Waals surface area (Å²) in [6.45, 7) is 1.34. The summed E-state index contributed by atoms with van der Waals surface area (Å²) < 4.78 is 0.528. The number of rotatable bonds is 1. The van der Waals surface area contributed by atoms with Crippen LogP contribution in [0.25, 0.3) is 0 Å². The Balaban J connectivity index is 2.63. The Morgan fingerprint density at radius 1 is 1.25 bits per heavy atom. The van der Waals surface area contributed by atoms with Crippen LogP contribution in [0.2, 0.25) is 0 Å². The lowest BCUT2D eigenvalue weighted by Crippen LogP contribution is -2.20. The third-order valence-electron chi connectivity index (χ3n) is 2.15. The van der Waals surface area contributed by atoms with Gasteiger partial charge in [-0.3, -0.25) is 19.7 Å². The minimum atomic E-state index is -0.495. The summed E-state index contributed by atoms with van der Waals surface area (Å²) in [4.78, 5) is 33.9. The van der Waals surface area contributed by atoms with Crippen molar-refractivity contribution in [3.8, 4) is 0 Å². The summed E-state index contributed by atoms with van der Waals surface area (Å²) in [5.74, 6) is -1.25. The summed E-state index contributed by atoms with van der Waals surface area (Å²) >= 11 is 3.19. The van der Waals surface area contributed by atoms with Crippen LogP contribution in [0.1, 0.15) is 27.6 Å². The molecule has 0 unspecified atom stereocenters. The highest BCUT2D eigenvalue weighted by molar-refractivity contribution is 9.10. The van der Waals surface area contributed by atoms with Crippen molar-refractivity contribution < 1.29 is 14.4 Å². The molecule has 82 valence electrons. The molecule has 2 N–H and O–H groups in total. The normalized spacial score (nSPS) is 13.4. The summed E-state index contributed by atoms with van der Waals surface area (Å²) in [6.07, 6.45) is 0. The molecule has 0 spiro atoms. The van der Waals surface area contributed by atoms with Gasteiger partial charge in [-0.15, -0.1) is 0 Å². The highest BCUT2D eigenvalue weighted by atomic mass is 79.9. The fourth-order valence-electron chi connectivity index (χ4n) is 1.56. The lowest BCUT2D eigenvalue weighted by atomic mass is 10.1. The Kier molecular flexibility index (Phi) is 2.51. The zero-order valence-electron chi connectivity index (χ0n) is 8.26. The second-order valence-corrected chi connectivity index (χ2v) is 4.16. The zero-order chi connectivity index (χ0) is 11.9. The van der Waals surface area contributed by atoms with Crippen LogP contribution in [0, 0.1) is 0 Å². The van der Waals surface area contributed by atoms with Crippen LogP contribution in [0.4, 0.5) is 5.69 Å². The van der Waals surface area contributed by atoms with Crippen molar-refractivity contribution in [2.24, 2.45) is 0 Å². The molecular weight excluding hydrogens is 276 g/mol. The fraction of sp³-hybridized carbons (Fsp3) is 0.100. The number of hydrogen-bond donors (Lipinski definition) is 2. The average molecular weight is 283 g/mol. The molecule has 0 saturated heterocycles. The molecule has 5 nitrogen and oxygen atoms in total. The molecule has 0 aromatic heterocycles. The Morgan fingerprint density at radius 3 is 2.50 bits per heavy atom. The maximum atomic E-state index is 11.5. The molecule has 1 aromatic rings. The first-order valence-electron chi connectivity index (χ1n) is 4.46. The molecule has 0 bridgehead atoms. The maximum Gasteiger partial charge on any atom is 0.261 e. The van der Waals surface area contributed by atoms with Gasteiger partial charge in [-0.25, -0.2) is 0 Å². The first kappa shape index (κ1) is 10.8. The van der Waals surface area contributed by atoms with Crippen LogP contribution >= 0.6 is 15.9 Å². The van der Waals surface area contributed by atoms with Gasteiger partial charge in [-0.05, 0) is 28.1 Å². The largest absolute Gasteiger partial charge is 0.326 e. The standard InChI is InChI=1S/C10H7BrN2O3/c1-4(14)12-6-3-2-5(11)7-8(6)10(16)13-9(7)15/h2-3H,1H3,(H,12,14)(H,13,15,16). The van der Waals surface area contributed by atoms with Gasteiger partial charge in [0, 0.05) is 11.4 Å². The van der Waals surface area contributed by atoms with Crippen LogP contribution in [-0.2, 0) is 4.79 Å². The van der Waals surface area contributed by atoms with Gasteiger partial charge < -0.3 is 5.32 Å². The highest BCUT2D eigenvalue weighted by Crippen LogP contribution is 2.30. The van der Waals surface area contributed by atoms with Gasteiger partial charge in [-0.2, -0.15) is 0 Å². The van der Waals surface area contributed by atoms with Gasteiger partial charge in [0.15, 0.2) is 0 Å². The number of anilines is 1. The number of hydrogen-bond acceptors (Lipinski definition) is 3. The van der Waals surface area contributed by atoms with Crippen molar-refractivity contribution in [2.45, 2.75) is 6.92 Å². The van der Waals surface area contributed by atoms with Crippen molar-refractivity contribution in [3.05, 3.63) is 27.7 Å². The van der Waals surface area contributed by atoms with E-state index in [-0.39, 0.29) is 17.0 Å². The van der Waals surface area contributed by atoms with E-state index in [0.717, 1.165) is 0 Å². The number of carbonyl (C=O) groups is 3. The molecule has 1 aromatic carbocycles. The fourth-order valence-corrected chi connectivity index (χ4v) is 2.07. The Bertz CT molecular complexity index is 525. The summed E-state index contributed by atoms with van der Waals surface area (Å²) in [5, 5.41) is 4.69. The molecule has 6 heteroatoms. The van der Waals surface area contributed by atoms with Gasteiger partial charge in [0.25, 0.3) is 11.8 Å². The first-order chi connectivity index (χ1) is 7.50. The molecule has 16 heavy (non-hydrogen) atoms. The third-order valence-corrected chi connectivity index (χ3v) is 2.81. The minimum Gasteiger partial charge on any atom is -0.326 e. The molecule has 0 atom stereocenters. The SMILES string of the molecule is CC(=O)Nc1ccc(Br)c2c1C(=O)NC2=O. The van der Waals surface area contributed by atoms with E-state index in [1.807, 2.05) is 0 Å². The second-order valence-electron chi connectivity index (χ2n) is 3.31. The molecule has 0 radical (unpaired) electrons. The lowest BCUT2D eigenvalue weighted by molar-refractivity contribution is -0.114. The van der Waals surface area contributed by atoms with E-state index in [2.05, 4.69) is 26.6 Å². The number of amides is 3. The Morgan fingerprint density at radius 2 is 1.88 bits per heavy atom. The van der Waals surface area contributed by atoms with Gasteiger partial charge in [0.2, 0.25) is 5.91 Å². The number of halogens is 1. The minimum absolute atomic E-state index is 0.203. The quantitative estimate of drug-likeness (QED) is 0.762. The van der Waals surface area contributed by atoms with Crippen LogP contribution in [0.15, 0.2) is 16.6 Å². The molecule has 1 heterocycles. The molecule has 3 amide bonds. The second kappa shape index (κ2) is 3.71.